The molecule has 1 aliphatic heterocycles. The molecule has 12 heteroatoms. The number of carbonyl (C=O) groups excluding carboxylic acids is 1. The van der Waals surface area contributed by atoms with Crippen molar-refractivity contribution in [1.29, 1.82) is 0 Å². The van der Waals surface area contributed by atoms with Gasteiger partial charge in [-0.15, -0.1) is 11.3 Å². The number of halogens is 3. The van der Waals surface area contributed by atoms with Crippen molar-refractivity contribution in [2.24, 2.45) is 5.16 Å². The number of benzene rings is 1. The van der Waals surface area contributed by atoms with Crippen LogP contribution < -0.4 is 5.32 Å². The van der Waals surface area contributed by atoms with Crippen LogP contribution in [0, 0.1) is 0 Å². The van der Waals surface area contributed by atoms with Crippen LogP contribution in [0.5, 0.6) is 0 Å². The fraction of sp³-hybridized carbons (Fsp3) is 0.577. The first-order valence-corrected chi connectivity index (χ1v) is 13.5. The quantitative estimate of drug-likeness (QED) is 0.243. The molecule has 4 rings (SSSR count). The SMILES string of the molecule is COCc1cnc(C2(O)CCC(N3CCC(NC(=O)CCC(=NO)c4cccc(C(F)(F)F)c4)C3)CC2)s1. The van der Waals surface area contributed by atoms with Gasteiger partial charge in [-0.1, -0.05) is 17.3 Å². The molecule has 2 aromatic rings. The van der Waals surface area contributed by atoms with Gasteiger partial charge in [0.25, 0.3) is 0 Å². The van der Waals surface area contributed by atoms with Gasteiger partial charge in [0.2, 0.25) is 5.91 Å². The second kappa shape index (κ2) is 12.1. The summed E-state index contributed by atoms with van der Waals surface area (Å²) in [6, 6.07) is 4.83. The molecule has 2 heterocycles. The molecule has 3 N–H and O–H groups in total. The number of hydrogen-bond donors (Lipinski definition) is 3. The largest absolute Gasteiger partial charge is 0.416 e. The van der Waals surface area contributed by atoms with Gasteiger partial charge >= 0.3 is 6.18 Å². The Morgan fingerprint density at radius 2 is 2.05 bits per heavy atom. The minimum atomic E-state index is -4.51. The molecule has 1 saturated carbocycles. The summed E-state index contributed by atoms with van der Waals surface area (Å²) in [5, 5.41) is 27.4. The maximum Gasteiger partial charge on any atom is 0.416 e. The van der Waals surface area contributed by atoms with Gasteiger partial charge in [0.1, 0.15) is 10.6 Å². The van der Waals surface area contributed by atoms with Gasteiger partial charge in [-0.05, 0) is 49.8 Å². The topological polar surface area (TPSA) is 107 Å². The lowest BCUT2D eigenvalue weighted by molar-refractivity contribution is -0.137. The van der Waals surface area contributed by atoms with E-state index in [9.17, 15) is 28.3 Å². The van der Waals surface area contributed by atoms with Crippen LogP contribution in [0.1, 0.15) is 66.0 Å². The molecule has 0 bridgehead atoms. The van der Waals surface area contributed by atoms with Crippen molar-refractivity contribution < 1.29 is 33.0 Å². The highest BCUT2D eigenvalue weighted by Gasteiger charge is 2.40. The number of hydrogen-bond acceptors (Lipinski definition) is 8. The molecule has 8 nitrogen and oxygen atoms in total. The van der Waals surface area contributed by atoms with Crippen LogP contribution in [0.25, 0.3) is 0 Å². The first-order valence-electron chi connectivity index (χ1n) is 12.7. The normalized spacial score (nSPS) is 25.0. The van der Waals surface area contributed by atoms with E-state index in [2.05, 4.69) is 20.4 Å². The van der Waals surface area contributed by atoms with Gasteiger partial charge in [-0.25, -0.2) is 4.98 Å². The Balaban J connectivity index is 1.23. The third-order valence-corrected chi connectivity index (χ3v) is 8.52. The summed E-state index contributed by atoms with van der Waals surface area (Å²) in [6.07, 6.45) is 1.00. The number of oxime groups is 1. The van der Waals surface area contributed by atoms with E-state index < -0.39 is 17.3 Å². The number of carbonyl (C=O) groups is 1. The second-order valence-electron chi connectivity index (χ2n) is 10.0. The number of thiazole rings is 1. The molecule has 0 radical (unpaired) electrons. The summed E-state index contributed by atoms with van der Waals surface area (Å²) in [6.45, 7) is 2.03. The van der Waals surface area contributed by atoms with Crippen LogP contribution in [0.2, 0.25) is 0 Å². The number of likely N-dealkylation sites (tertiary alicyclic amines) is 1. The van der Waals surface area contributed by atoms with Crippen molar-refractivity contribution in [1.82, 2.24) is 15.2 Å². The molecule has 1 aromatic carbocycles. The number of nitrogens with zero attached hydrogens (tertiary/aromatic N) is 3. The maximum absolute atomic E-state index is 13.0. The minimum absolute atomic E-state index is 0.00146. The van der Waals surface area contributed by atoms with Gasteiger partial charge in [-0.2, -0.15) is 13.2 Å². The summed E-state index contributed by atoms with van der Waals surface area (Å²) in [5.41, 5.74) is -1.59. The van der Waals surface area contributed by atoms with Gasteiger partial charge in [-0.3, -0.25) is 9.69 Å². The Labute approximate surface area is 223 Å². The van der Waals surface area contributed by atoms with Crippen molar-refractivity contribution in [3.63, 3.8) is 0 Å². The molecule has 1 aromatic heterocycles. The fourth-order valence-electron chi connectivity index (χ4n) is 5.29. The molecular weight excluding hydrogens is 521 g/mol. The lowest BCUT2D eigenvalue weighted by atomic mass is 9.82. The summed E-state index contributed by atoms with van der Waals surface area (Å²) in [7, 11) is 1.63. The number of alkyl halides is 3. The van der Waals surface area contributed by atoms with E-state index in [1.807, 2.05) is 0 Å². The third kappa shape index (κ3) is 6.90. The molecule has 1 aliphatic carbocycles. The first kappa shape index (κ1) is 28.5. The van der Waals surface area contributed by atoms with Crippen molar-refractivity contribution in [3.8, 4) is 0 Å². The number of aliphatic hydroxyl groups is 1. The number of nitrogens with one attached hydrogen (secondary N) is 1. The fourth-order valence-corrected chi connectivity index (χ4v) is 6.32. The number of amides is 1. The molecule has 1 atom stereocenters. The average Bonchev–Trinajstić information content (AvgIpc) is 3.55. The lowest BCUT2D eigenvalue weighted by Gasteiger charge is -2.38. The number of methoxy groups -OCH3 is 1. The van der Waals surface area contributed by atoms with Crippen molar-refractivity contribution in [3.05, 3.63) is 51.5 Å². The molecule has 2 aliphatic rings. The standard InChI is InChI=1S/C26H33F3N4O4S/c1-37-16-21-14-30-24(38-21)25(35)10-7-20(8-11-25)33-12-9-19(15-33)31-23(34)6-5-22(32-36)17-3-2-4-18(13-17)26(27,28)29/h2-4,13-14,19-20,35-36H,5-12,15-16H2,1H3,(H,31,34). The van der Waals surface area contributed by atoms with Gasteiger partial charge < -0.3 is 20.4 Å². The van der Waals surface area contributed by atoms with Crippen LogP contribution >= 0.6 is 11.3 Å². The van der Waals surface area contributed by atoms with E-state index in [-0.39, 0.29) is 36.1 Å². The summed E-state index contributed by atoms with van der Waals surface area (Å²) < 4.78 is 44.1. The summed E-state index contributed by atoms with van der Waals surface area (Å²) in [5.74, 6) is -0.237. The first-order chi connectivity index (χ1) is 18.1. The highest BCUT2D eigenvalue weighted by molar-refractivity contribution is 7.11. The smallest absolute Gasteiger partial charge is 0.411 e. The van der Waals surface area contributed by atoms with Gasteiger partial charge in [0, 0.05) is 51.3 Å². The van der Waals surface area contributed by atoms with E-state index in [4.69, 9.17) is 4.74 Å². The molecule has 2 fully saturated rings. The monoisotopic (exact) mass is 554 g/mol. The Morgan fingerprint density at radius 3 is 2.74 bits per heavy atom. The Morgan fingerprint density at radius 1 is 1.29 bits per heavy atom. The Hall–Kier alpha value is -2.54. The van der Waals surface area contributed by atoms with Gasteiger partial charge in [0.15, 0.2) is 0 Å². The van der Waals surface area contributed by atoms with E-state index in [1.54, 1.807) is 13.3 Å². The van der Waals surface area contributed by atoms with E-state index >= 15 is 0 Å². The molecule has 1 unspecified atom stereocenters. The van der Waals surface area contributed by atoms with Crippen LogP contribution in [-0.2, 0) is 27.9 Å². The Kier molecular flexibility index (Phi) is 9.07. The molecule has 208 valence electrons. The van der Waals surface area contributed by atoms with Crippen LogP contribution in [0.3, 0.4) is 0 Å². The predicted molar refractivity (Wildman–Crippen MR) is 136 cm³/mol. The zero-order chi connectivity index (χ0) is 27.3. The van der Waals surface area contributed by atoms with Crippen LogP contribution in [-0.4, -0.2) is 64.1 Å². The Bertz CT molecular complexity index is 1130. The molecule has 38 heavy (non-hydrogen) atoms. The van der Waals surface area contributed by atoms with Crippen molar-refractivity contribution in [2.45, 2.75) is 75.4 Å². The van der Waals surface area contributed by atoms with Crippen molar-refractivity contribution in [2.75, 3.05) is 20.2 Å². The lowest BCUT2D eigenvalue weighted by Crippen LogP contribution is -2.43. The zero-order valence-corrected chi connectivity index (χ0v) is 22.0. The van der Waals surface area contributed by atoms with E-state index in [1.165, 1.54) is 23.5 Å². The average molecular weight is 555 g/mol. The molecule has 1 saturated heterocycles. The summed E-state index contributed by atoms with van der Waals surface area (Å²) in [4.78, 5) is 20.3. The van der Waals surface area contributed by atoms with Gasteiger partial charge in [0.05, 0.1) is 22.8 Å². The predicted octanol–water partition coefficient (Wildman–Crippen LogP) is 4.29. The molecule has 1 amide bonds. The number of rotatable bonds is 9. The molecular formula is C26H33F3N4O4S. The minimum Gasteiger partial charge on any atom is -0.411 e. The number of ether oxygens (including phenoxy) is 1. The summed E-state index contributed by atoms with van der Waals surface area (Å²) >= 11 is 1.49. The van der Waals surface area contributed by atoms with Crippen LogP contribution in [0.15, 0.2) is 35.6 Å². The zero-order valence-electron chi connectivity index (χ0n) is 21.2. The van der Waals surface area contributed by atoms with E-state index in [0.29, 0.717) is 32.0 Å². The highest BCUT2D eigenvalue weighted by Crippen LogP contribution is 2.41. The second-order valence-corrected chi connectivity index (χ2v) is 11.1. The van der Waals surface area contributed by atoms with E-state index in [0.717, 1.165) is 47.8 Å². The highest BCUT2D eigenvalue weighted by atomic mass is 32.1. The third-order valence-electron chi connectivity index (χ3n) is 7.35. The number of aromatic nitrogens is 1. The van der Waals surface area contributed by atoms with Crippen LogP contribution in [0.4, 0.5) is 13.2 Å². The maximum atomic E-state index is 13.0. The van der Waals surface area contributed by atoms with Crippen molar-refractivity contribution >= 4 is 23.0 Å². The molecule has 0 spiro atoms.